The molecule has 0 atom stereocenters. The van der Waals surface area contributed by atoms with Gasteiger partial charge in [-0.1, -0.05) is 61.9 Å². The van der Waals surface area contributed by atoms with Gasteiger partial charge in [-0.25, -0.2) is 0 Å². The molecule has 0 saturated carbocycles. The van der Waals surface area contributed by atoms with Crippen LogP contribution >= 0.6 is 0 Å². The second kappa shape index (κ2) is 8.39. The maximum absolute atomic E-state index is 5.58. The van der Waals surface area contributed by atoms with E-state index in [4.69, 9.17) is 4.74 Å². The highest BCUT2D eigenvalue weighted by Gasteiger charge is 2.02. The minimum absolute atomic E-state index is 0.753. The summed E-state index contributed by atoms with van der Waals surface area (Å²) >= 11 is 0. The van der Waals surface area contributed by atoms with Crippen LogP contribution < -0.4 is 5.32 Å². The Morgan fingerprint density at radius 3 is 2.45 bits per heavy atom. The molecule has 0 bridgehead atoms. The number of rotatable bonds is 8. The summed E-state index contributed by atoms with van der Waals surface area (Å²) in [6.07, 6.45) is 2.32. The van der Waals surface area contributed by atoms with E-state index in [1.807, 2.05) is 6.07 Å². The molecule has 2 aromatic rings. The van der Waals surface area contributed by atoms with Crippen LogP contribution in [0, 0.1) is 0 Å². The molecule has 2 rings (SSSR count). The van der Waals surface area contributed by atoms with E-state index < -0.39 is 0 Å². The van der Waals surface area contributed by atoms with Crippen molar-refractivity contribution >= 4 is 5.69 Å². The fourth-order valence-electron chi connectivity index (χ4n) is 2.11. The zero-order valence-electron chi connectivity index (χ0n) is 12.1. The summed E-state index contributed by atoms with van der Waals surface area (Å²) in [4.78, 5) is 0. The van der Waals surface area contributed by atoms with Crippen LogP contribution in [-0.4, -0.2) is 19.8 Å². The Kier molecular flexibility index (Phi) is 6.12. The molecule has 0 unspecified atom stereocenters. The van der Waals surface area contributed by atoms with E-state index in [0.717, 1.165) is 31.9 Å². The Morgan fingerprint density at radius 2 is 1.65 bits per heavy atom. The Labute approximate surface area is 121 Å². The fraction of sp³-hybridized carbons (Fsp3) is 0.333. The number of nitrogens with one attached hydrogen (secondary N) is 1. The zero-order valence-corrected chi connectivity index (χ0v) is 12.1. The first-order chi connectivity index (χ1) is 9.92. The predicted molar refractivity (Wildman–Crippen MR) is 86.1 cm³/mol. The second-order valence-electron chi connectivity index (χ2n) is 4.80. The van der Waals surface area contributed by atoms with Crippen LogP contribution in [0.25, 0.3) is 11.1 Å². The summed E-state index contributed by atoms with van der Waals surface area (Å²) < 4.78 is 5.58. The highest BCUT2D eigenvalue weighted by atomic mass is 16.5. The van der Waals surface area contributed by atoms with Crippen molar-refractivity contribution in [2.75, 3.05) is 25.1 Å². The predicted octanol–water partition coefficient (Wildman–Crippen LogP) is 4.58. The molecule has 0 saturated heterocycles. The minimum Gasteiger partial charge on any atom is -0.382 e. The van der Waals surface area contributed by atoms with Gasteiger partial charge in [0.2, 0.25) is 0 Å². The van der Waals surface area contributed by atoms with Gasteiger partial charge in [0.05, 0.1) is 6.61 Å². The smallest absolute Gasteiger partial charge is 0.0639 e. The van der Waals surface area contributed by atoms with E-state index in [1.54, 1.807) is 0 Å². The van der Waals surface area contributed by atoms with E-state index in [0.29, 0.717) is 0 Å². The van der Waals surface area contributed by atoms with Gasteiger partial charge >= 0.3 is 0 Å². The average Bonchev–Trinajstić information content (AvgIpc) is 2.52. The fourth-order valence-corrected chi connectivity index (χ4v) is 2.11. The van der Waals surface area contributed by atoms with Gasteiger partial charge in [0, 0.05) is 24.4 Å². The van der Waals surface area contributed by atoms with Crippen molar-refractivity contribution in [3.8, 4) is 11.1 Å². The van der Waals surface area contributed by atoms with Crippen LogP contribution in [-0.2, 0) is 4.74 Å². The van der Waals surface area contributed by atoms with E-state index in [-0.39, 0.29) is 0 Å². The number of hydrogen-bond donors (Lipinski definition) is 1. The molecular weight excluding hydrogens is 246 g/mol. The third-order valence-electron chi connectivity index (χ3n) is 3.22. The van der Waals surface area contributed by atoms with Crippen LogP contribution in [0.2, 0.25) is 0 Å². The van der Waals surface area contributed by atoms with Crippen LogP contribution in [0.15, 0.2) is 54.6 Å². The molecule has 0 aliphatic rings. The molecule has 0 aromatic heterocycles. The maximum Gasteiger partial charge on any atom is 0.0639 e. The number of benzene rings is 2. The lowest BCUT2D eigenvalue weighted by atomic mass is 10.0. The molecule has 0 fully saturated rings. The van der Waals surface area contributed by atoms with Crippen molar-refractivity contribution in [1.82, 2.24) is 0 Å². The SMILES string of the molecule is CCCCOCCNc1ccccc1-c1ccccc1. The summed E-state index contributed by atoms with van der Waals surface area (Å²) in [5, 5.41) is 3.46. The summed E-state index contributed by atoms with van der Waals surface area (Å²) in [5.74, 6) is 0. The third kappa shape index (κ3) is 4.39. The van der Waals surface area contributed by atoms with E-state index in [1.165, 1.54) is 17.5 Å². The van der Waals surface area contributed by atoms with Gasteiger partial charge in [-0.3, -0.25) is 0 Å². The number of ether oxygens (including phenoxy) is 1. The minimum atomic E-state index is 0.753. The highest BCUT2D eigenvalue weighted by Crippen LogP contribution is 2.27. The summed E-state index contributed by atoms with van der Waals surface area (Å²) in [6.45, 7) is 4.63. The molecule has 0 radical (unpaired) electrons. The summed E-state index contributed by atoms with van der Waals surface area (Å²) in [7, 11) is 0. The van der Waals surface area contributed by atoms with Crippen LogP contribution in [0.1, 0.15) is 19.8 Å². The van der Waals surface area contributed by atoms with Crippen LogP contribution in [0.4, 0.5) is 5.69 Å². The number of anilines is 1. The van der Waals surface area contributed by atoms with Gasteiger partial charge in [0.25, 0.3) is 0 Å². The normalized spacial score (nSPS) is 10.4. The number of hydrogen-bond acceptors (Lipinski definition) is 2. The molecule has 2 heteroatoms. The zero-order chi connectivity index (χ0) is 14.0. The Morgan fingerprint density at radius 1 is 0.900 bits per heavy atom. The first-order valence-electron chi connectivity index (χ1n) is 7.38. The van der Waals surface area contributed by atoms with E-state index in [9.17, 15) is 0 Å². The van der Waals surface area contributed by atoms with E-state index in [2.05, 4.69) is 60.8 Å². The van der Waals surface area contributed by atoms with Crippen molar-refractivity contribution in [3.63, 3.8) is 0 Å². The van der Waals surface area contributed by atoms with Gasteiger partial charge in [0.1, 0.15) is 0 Å². The standard InChI is InChI=1S/C18H23NO/c1-2-3-14-20-15-13-19-18-12-8-7-11-17(18)16-9-5-4-6-10-16/h4-12,19H,2-3,13-15H2,1H3. The quantitative estimate of drug-likeness (QED) is 0.708. The Hall–Kier alpha value is -1.80. The van der Waals surface area contributed by atoms with E-state index >= 15 is 0 Å². The second-order valence-corrected chi connectivity index (χ2v) is 4.80. The molecule has 0 aliphatic carbocycles. The summed E-state index contributed by atoms with van der Waals surface area (Å²) in [5.41, 5.74) is 3.64. The first kappa shape index (κ1) is 14.6. The molecule has 2 aromatic carbocycles. The maximum atomic E-state index is 5.58. The van der Waals surface area contributed by atoms with Crippen LogP contribution in [0.3, 0.4) is 0 Å². The first-order valence-corrected chi connectivity index (χ1v) is 7.38. The number of unbranched alkanes of at least 4 members (excludes halogenated alkanes) is 1. The lowest BCUT2D eigenvalue weighted by molar-refractivity contribution is 0.141. The Balaban J connectivity index is 1.92. The monoisotopic (exact) mass is 269 g/mol. The topological polar surface area (TPSA) is 21.3 Å². The summed E-state index contributed by atoms with van der Waals surface area (Å²) in [6, 6.07) is 18.9. The lowest BCUT2D eigenvalue weighted by Gasteiger charge is -2.12. The van der Waals surface area contributed by atoms with Gasteiger partial charge < -0.3 is 10.1 Å². The van der Waals surface area contributed by atoms with Gasteiger partial charge in [-0.15, -0.1) is 0 Å². The molecule has 0 aliphatic heterocycles. The highest BCUT2D eigenvalue weighted by molar-refractivity contribution is 5.77. The van der Waals surface area contributed by atoms with Crippen LogP contribution in [0.5, 0.6) is 0 Å². The molecule has 106 valence electrons. The van der Waals surface area contributed by atoms with Crippen molar-refractivity contribution < 1.29 is 4.74 Å². The molecule has 0 amide bonds. The molecule has 0 heterocycles. The van der Waals surface area contributed by atoms with Gasteiger partial charge in [-0.05, 0) is 18.1 Å². The molecular formula is C18H23NO. The van der Waals surface area contributed by atoms with Crippen molar-refractivity contribution in [3.05, 3.63) is 54.6 Å². The molecule has 20 heavy (non-hydrogen) atoms. The van der Waals surface area contributed by atoms with Crippen molar-refractivity contribution in [2.24, 2.45) is 0 Å². The lowest BCUT2D eigenvalue weighted by Crippen LogP contribution is -2.10. The molecule has 0 spiro atoms. The Bertz CT molecular complexity index is 496. The van der Waals surface area contributed by atoms with Gasteiger partial charge in [0.15, 0.2) is 0 Å². The van der Waals surface area contributed by atoms with Crippen molar-refractivity contribution in [1.29, 1.82) is 0 Å². The average molecular weight is 269 g/mol. The third-order valence-corrected chi connectivity index (χ3v) is 3.22. The number of para-hydroxylation sites is 1. The van der Waals surface area contributed by atoms with Gasteiger partial charge in [-0.2, -0.15) is 0 Å². The van der Waals surface area contributed by atoms with Crippen molar-refractivity contribution in [2.45, 2.75) is 19.8 Å². The molecule has 2 nitrogen and oxygen atoms in total. The molecule has 1 N–H and O–H groups in total. The largest absolute Gasteiger partial charge is 0.382 e.